The van der Waals surface area contributed by atoms with E-state index in [1.165, 1.54) is 11.3 Å². The number of carbonyl (C=O) groups excluding carboxylic acids is 2. The summed E-state index contributed by atoms with van der Waals surface area (Å²) in [5.41, 5.74) is 3.01. The molecule has 0 saturated heterocycles. The topological polar surface area (TPSA) is 71.1 Å². The summed E-state index contributed by atoms with van der Waals surface area (Å²) in [5, 5.41) is 6.26. The number of hydrogen-bond donors (Lipinski definition) is 2. The monoisotopic (exact) mass is 393 g/mol. The molecule has 0 aliphatic rings. The second kappa shape index (κ2) is 8.80. The summed E-state index contributed by atoms with van der Waals surface area (Å²) in [6.07, 6.45) is 0.842. The van der Waals surface area contributed by atoms with Crippen molar-refractivity contribution in [1.29, 1.82) is 0 Å². The maximum absolute atomic E-state index is 12.7. The van der Waals surface area contributed by atoms with Crippen molar-refractivity contribution in [2.75, 3.05) is 10.6 Å². The Hall–Kier alpha value is -2.99. The second-order valence-corrected chi connectivity index (χ2v) is 7.77. The van der Waals surface area contributed by atoms with Gasteiger partial charge in [0.15, 0.2) is 5.13 Å². The molecular formula is C22H23N3O2S. The van der Waals surface area contributed by atoms with Crippen LogP contribution in [0.1, 0.15) is 36.0 Å². The maximum Gasteiger partial charge on any atom is 0.257 e. The lowest BCUT2D eigenvalue weighted by atomic mass is 10.1. The van der Waals surface area contributed by atoms with Gasteiger partial charge in [-0.1, -0.05) is 57.2 Å². The van der Waals surface area contributed by atoms with Crippen molar-refractivity contribution in [2.45, 2.75) is 27.2 Å². The number of carbonyl (C=O) groups is 2. The van der Waals surface area contributed by atoms with Gasteiger partial charge in [0.25, 0.3) is 5.91 Å². The van der Waals surface area contributed by atoms with Crippen LogP contribution in [-0.2, 0) is 11.2 Å². The van der Waals surface area contributed by atoms with E-state index in [0.29, 0.717) is 16.4 Å². The molecule has 0 aliphatic heterocycles. The van der Waals surface area contributed by atoms with Crippen LogP contribution in [0, 0.1) is 5.92 Å². The SMILES string of the molecule is CCc1sc(NC(=O)c2cccc(NC(=O)C(C)C)c2)nc1-c1ccccc1. The molecule has 0 fully saturated rings. The number of benzene rings is 2. The summed E-state index contributed by atoms with van der Waals surface area (Å²) >= 11 is 1.48. The Balaban J connectivity index is 1.78. The summed E-state index contributed by atoms with van der Waals surface area (Å²) in [5.74, 6) is -0.467. The van der Waals surface area contributed by atoms with Crippen LogP contribution in [-0.4, -0.2) is 16.8 Å². The van der Waals surface area contributed by atoms with E-state index >= 15 is 0 Å². The van der Waals surface area contributed by atoms with Crippen LogP contribution in [0.25, 0.3) is 11.3 Å². The average molecular weight is 394 g/mol. The molecule has 2 N–H and O–H groups in total. The highest BCUT2D eigenvalue weighted by atomic mass is 32.1. The molecule has 0 spiro atoms. The Kier molecular flexibility index (Phi) is 6.21. The quantitative estimate of drug-likeness (QED) is 0.603. The molecule has 0 aliphatic carbocycles. The smallest absolute Gasteiger partial charge is 0.257 e. The molecule has 28 heavy (non-hydrogen) atoms. The molecule has 144 valence electrons. The van der Waals surface area contributed by atoms with Crippen molar-refractivity contribution >= 4 is 34.0 Å². The fourth-order valence-corrected chi connectivity index (χ4v) is 3.58. The zero-order valence-corrected chi connectivity index (χ0v) is 17.0. The third kappa shape index (κ3) is 4.64. The Morgan fingerprint density at radius 3 is 2.46 bits per heavy atom. The minimum Gasteiger partial charge on any atom is -0.326 e. The molecule has 0 atom stereocenters. The summed E-state index contributed by atoms with van der Waals surface area (Å²) in [7, 11) is 0. The second-order valence-electron chi connectivity index (χ2n) is 6.69. The summed E-state index contributed by atoms with van der Waals surface area (Å²) in [6.45, 7) is 5.72. The number of amides is 2. The van der Waals surface area contributed by atoms with Crippen molar-refractivity contribution in [1.82, 2.24) is 4.98 Å². The molecule has 0 radical (unpaired) electrons. The maximum atomic E-state index is 12.7. The van der Waals surface area contributed by atoms with Gasteiger partial charge in [0.2, 0.25) is 5.91 Å². The van der Waals surface area contributed by atoms with Crippen LogP contribution >= 0.6 is 11.3 Å². The Bertz CT molecular complexity index is 980. The largest absolute Gasteiger partial charge is 0.326 e. The standard InChI is InChI=1S/C22H23N3O2S/c1-4-18-19(15-9-6-5-7-10-15)24-22(28-18)25-21(27)16-11-8-12-17(13-16)23-20(26)14(2)3/h5-14H,4H2,1-3H3,(H,23,26)(H,24,25,27). The minimum atomic E-state index is -0.253. The van der Waals surface area contributed by atoms with E-state index in [1.54, 1.807) is 24.3 Å². The van der Waals surface area contributed by atoms with Crippen molar-refractivity contribution < 1.29 is 9.59 Å². The van der Waals surface area contributed by atoms with Gasteiger partial charge in [-0.25, -0.2) is 4.98 Å². The van der Waals surface area contributed by atoms with E-state index in [1.807, 2.05) is 44.2 Å². The Morgan fingerprint density at radius 2 is 1.79 bits per heavy atom. The molecule has 5 nitrogen and oxygen atoms in total. The van der Waals surface area contributed by atoms with Crippen LogP contribution in [0.3, 0.4) is 0 Å². The van der Waals surface area contributed by atoms with Gasteiger partial charge in [-0.15, -0.1) is 11.3 Å². The number of aromatic nitrogens is 1. The third-order valence-corrected chi connectivity index (χ3v) is 5.32. The van der Waals surface area contributed by atoms with Crippen molar-refractivity contribution in [3.8, 4) is 11.3 Å². The molecule has 2 amide bonds. The zero-order valence-electron chi connectivity index (χ0n) is 16.2. The van der Waals surface area contributed by atoms with E-state index in [9.17, 15) is 9.59 Å². The number of aryl methyl sites for hydroxylation is 1. The first-order valence-corrected chi connectivity index (χ1v) is 10.1. The Labute approximate surface area is 168 Å². The van der Waals surface area contributed by atoms with E-state index in [4.69, 9.17) is 0 Å². The van der Waals surface area contributed by atoms with Gasteiger partial charge in [0.1, 0.15) is 0 Å². The molecule has 3 rings (SSSR count). The zero-order chi connectivity index (χ0) is 20.1. The van der Waals surface area contributed by atoms with Crippen LogP contribution in [0.5, 0.6) is 0 Å². The van der Waals surface area contributed by atoms with Gasteiger partial charge in [-0.2, -0.15) is 0 Å². The molecule has 1 heterocycles. The average Bonchev–Trinajstić information content (AvgIpc) is 3.11. The van der Waals surface area contributed by atoms with Crippen LogP contribution in [0.15, 0.2) is 54.6 Å². The lowest BCUT2D eigenvalue weighted by Gasteiger charge is -2.09. The van der Waals surface area contributed by atoms with E-state index < -0.39 is 0 Å². The van der Waals surface area contributed by atoms with Crippen molar-refractivity contribution in [2.24, 2.45) is 5.92 Å². The van der Waals surface area contributed by atoms with Crippen LogP contribution < -0.4 is 10.6 Å². The van der Waals surface area contributed by atoms with E-state index in [0.717, 1.165) is 22.6 Å². The first-order chi connectivity index (χ1) is 13.5. The van der Waals surface area contributed by atoms with Gasteiger partial charge in [0.05, 0.1) is 5.69 Å². The first kappa shape index (κ1) is 19.8. The first-order valence-electron chi connectivity index (χ1n) is 9.25. The van der Waals surface area contributed by atoms with E-state index in [2.05, 4.69) is 22.5 Å². The van der Waals surface area contributed by atoms with Gasteiger partial charge < -0.3 is 5.32 Å². The van der Waals surface area contributed by atoms with E-state index in [-0.39, 0.29) is 17.7 Å². The number of anilines is 2. The predicted octanol–water partition coefficient (Wildman–Crippen LogP) is 5.22. The fourth-order valence-electron chi connectivity index (χ4n) is 2.66. The van der Waals surface area contributed by atoms with Crippen molar-refractivity contribution in [3.63, 3.8) is 0 Å². The molecule has 6 heteroatoms. The Morgan fingerprint density at radius 1 is 1.04 bits per heavy atom. The number of rotatable bonds is 6. The highest BCUT2D eigenvalue weighted by Crippen LogP contribution is 2.31. The normalized spacial score (nSPS) is 10.7. The summed E-state index contributed by atoms with van der Waals surface area (Å²) < 4.78 is 0. The number of thiazole rings is 1. The molecule has 1 aromatic heterocycles. The van der Waals surface area contributed by atoms with Crippen LogP contribution in [0.2, 0.25) is 0 Å². The predicted molar refractivity (Wildman–Crippen MR) is 115 cm³/mol. The highest BCUT2D eigenvalue weighted by Gasteiger charge is 2.15. The molecular weight excluding hydrogens is 370 g/mol. The fraction of sp³-hybridized carbons (Fsp3) is 0.227. The van der Waals surface area contributed by atoms with Crippen LogP contribution in [0.4, 0.5) is 10.8 Å². The summed E-state index contributed by atoms with van der Waals surface area (Å²) in [6, 6.07) is 16.8. The minimum absolute atomic E-state index is 0.0856. The third-order valence-electron chi connectivity index (χ3n) is 4.20. The van der Waals surface area contributed by atoms with Gasteiger partial charge in [0, 0.05) is 27.6 Å². The summed E-state index contributed by atoms with van der Waals surface area (Å²) in [4.78, 5) is 30.3. The molecule has 2 aromatic carbocycles. The van der Waals surface area contributed by atoms with Gasteiger partial charge in [-0.05, 0) is 24.6 Å². The molecule has 0 bridgehead atoms. The van der Waals surface area contributed by atoms with Gasteiger partial charge in [-0.3, -0.25) is 14.9 Å². The van der Waals surface area contributed by atoms with Crippen molar-refractivity contribution in [3.05, 3.63) is 65.0 Å². The number of nitrogens with one attached hydrogen (secondary N) is 2. The lowest BCUT2D eigenvalue weighted by molar-refractivity contribution is -0.118. The molecule has 0 unspecified atom stereocenters. The lowest BCUT2D eigenvalue weighted by Crippen LogP contribution is -2.18. The number of nitrogens with zero attached hydrogens (tertiary/aromatic N) is 1. The number of hydrogen-bond acceptors (Lipinski definition) is 4. The van der Waals surface area contributed by atoms with Gasteiger partial charge >= 0.3 is 0 Å². The molecule has 3 aromatic rings. The molecule has 0 saturated carbocycles. The highest BCUT2D eigenvalue weighted by molar-refractivity contribution is 7.16.